The van der Waals surface area contributed by atoms with Crippen molar-refractivity contribution in [1.29, 1.82) is 0 Å². The minimum Gasteiger partial charge on any atom is -0.480 e. The van der Waals surface area contributed by atoms with Crippen LogP contribution in [0.15, 0.2) is 54.9 Å². The molecule has 3 amide bonds. The van der Waals surface area contributed by atoms with Gasteiger partial charge in [-0.1, -0.05) is 49.0 Å². The zero-order valence-electron chi connectivity index (χ0n) is 15.9. The molecule has 2 atom stereocenters. The largest absolute Gasteiger partial charge is 0.480 e. The lowest BCUT2D eigenvalue weighted by atomic mass is 9.84. The van der Waals surface area contributed by atoms with E-state index in [9.17, 15) is 19.5 Å². The number of nitrogens with one attached hydrogen (secondary N) is 2. The first kappa shape index (κ1) is 20.2. The summed E-state index contributed by atoms with van der Waals surface area (Å²) in [4.78, 5) is 37.3. The highest BCUT2D eigenvalue weighted by Crippen LogP contribution is 2.31. The van der Waals surface area contributed by atoms with Crippen molar-refractivity contribution in [3.8, 4) is 0 Å². The number of amides is 3. The van der Waals surface area contributed by atoms with Crippen molar-refractivity contribution in [2.45, 2.75) is 25.4 Å². The number of nitrogens with zero attached hydrogens (tertiary/aromatic N) is 1. The van der Waals surface area contributed by atoms with Crippen LogP contribution < -0.4 is 16.4 Å². The molecule has 152 valence electrons. The lowest BCUT2D eigenvalue weighted by Gasteiger charge is -2.42. The van der Waals surface area contributed by atoms with E-state index in [1.165, 1.54) is 0 Å². The molecule has 8 heteroatoms. The Balaban J connectivity index is 1.61. The van der Waals surface area contributed by atoms with E-state index in [-0.39, 0.29) is 6.54 Å². The number of urea groups is 1. The summed E-state index contributed by atoms with van der Waals surface area (Å²) < 4.78 is 0. The Morgan fingerprint density at radius 1 is 1.14 bits per heavy atom. The summed E-state index contributed by atoms with van der Waals surface area (Å²) in [5.74, 6) is -2.07. The van der Waals surface area contributed by atoms with Crippen molar-refractivity contribution < 1.29 is 19.5 Å². The monoisotopic (exact) mass is 396 g/mol. The van der Waals surface area contributed by atoms with Gasteiger partial charge in [-0.3, -0.25) is 4.79 Å². The number of aliphatic carboxylic acids is 1. The highest BCUT2D eigenvalue weighted by atomic mass is 16.4. The topological polar surface area (TPSA) is 125 Å². The highest BCUT2D eigenvalue weighted by Gasteiger charge is 2.54. The van der Waals surface area contributed by atoms with E-state index in [2.05, 4.69) is 17.2 Å². The summed E-state index contributed by atoms with van der Waals surface area (Å²) in [5, 5.41) is 17.0. The summed E-state index contributed by atoms with van der Waals surface area (Å²) in [6.45, 7) is 4.19. The van der Waals surface area contributed by atoms with Gasteiger partial charge in [0.05, 0.1) is 11.7 Å². The molecule has 2 aromatic carbocycles. The van der Waals surface area contributed by atoms with Gasteiger partial charge in [-0.15, -0.1) is 0 Å². The molecule has 3 rings (SSSR count). The number of imide groups is 1. The van der Waals surface area contributed by atoms with E-state index < -0.39 is 29.9 Å². The van der Waals surface area contributed by atoms with Gasteiger partial charge in [0.15, 0.2) is 6.04 Å². The van der Waals surface area contributed by atoms with Gasteiger partial charge in [-0.2, -0.15) is 0 Å². The van der Waals surface area contributed by atoms with Crippen molar-refractivity contribution in [3.05, 3.63) is 60.4 Å². The van der Waals surface area contributed by atoms with Crippen LogP contribution in [0.1, 0.15) is 18.4 Å². The molecule has 0 aromatic heterocycles. The Morgan fingerprint density at radius 2 is 1.86 bits per heavy atom. The molecule has 2 aromatic rings. The molecule has 1 unspecified atom stereocenters. The standard InChI is InChI=1S/C21H24N4O4/c1-13(22)23-11-5-10-17-18(20(27)28)25(19(17)26)21(29)24-12-15-8-4-7-14-6-2-3-9-16(14)15/h2-4,6-9,17-18,23H,1,5,10-12,22H2,(H,24,29)(H,27,28)/t17-,18?/m1/s1. The fourth-order valence-electron chi connectivity index (χ4n) is 3.61. The lowest BCUT2D eigenvalue weighted by molar-refractivity contribution is -0.166. The van der Waals surface area contributed by atoms with Crippen molar-refractivity contribution in [1.82, 2.24) is 15.5 Å². The molecule has 5 N–H and O–H groups in total. The van der Waals surface area contributed by atoms with Crippen molar-refractivity contribution in [2.24, 2.45) is 11.7 Å². The molecule has 0 bridgehead atoms. The molecule has 0 saturated carbocycles. The van der Waals surface area contributed by atoms with Gasteiger partial charge in [0, 0.05) is 13.1 Å². The Hall–Kier alpha value is -3.55. The molecule has 8 nitrogen and oxygen atoms in total. The minimum absolute atomic E-state index is 0.198. The van der Waals surface area contributed by atoms with Crippen LogP contribution in [-0.2, 0) is 16.1 Å². The second kappa shape index (κ2) is 8.64. The van der Waals surface area contributed by atoms with E-state index in [0.717, 1.165) is 21.2 Å². The fraction of sp³-hybridized carbons (Fsp3) is 0.286. The maximum atomic E-state index is 12.5. The first-order chi connectivity index (χ1) is 13.9. The summed E-state index contributed by atoms with van der Waals surface area (Å²) in [5.41, 5.74) is 6.30. The maximum absolute atomic E-state index is 12.5. The van der Waals surface area contributed by atoms with E-state index in [1.807, 2.05) is 42.5 Å². The zero-order valence-corrected chi connectivity index (χ0v) is 15.9. The number of likely N-dealkylation sites (tertiary alicyclic amines) is 1. The van der Waals surface area contributed by atoms with Gasteiger partial charge in [0.25, 0.3) is 0 Å². The van der Waals surface area contributed by atoms with Crippen LogP contribution in [0.25, 0.3) is 10.8 Å². The van der Waals surface area contributed by atoms with Crippen molar-refractivity contribution >= 4 is 28.7 Å². The highest BCUT2D eigenvalue weighted by molar-refractivity contribution is 6.07. The van der Waals surface area contributed by atoms with Crippen molar-refractivity contribution in [2.75, 3.05) is 6.54 Å². The predicted octanol–water partition coefficient (Wildman–Crippen LogP) is 1.76. The number of β-lactam (4-membered cyclic amide) rings is 1. The zero-order chi connectivity index (χ0) is 21.0. The average molecular weight is 396 g/mol. The van der Waals surface area contributed by atoms with Crippen LogP contribution in [0, 0.1) is 5.92 Å². The Morgan fingerprint density at radius 3 is 2.59 bits per heavy atom. The number of rotatable bonds is 8. The minimum atomic E-state index is -1.19. The second-order valence-electron chi connectivity index (χ2n) is 6.99. The number of benzene rings is 2. The van der Waals surface area contributed by atoms with Crippen LogP contribution in [0.5, 0.6) is 0 Å². The van der Waals surface area contributed by atoms with E-state index in [0.29, 0.717) is 25.2 Å². The number of carbonyl (C=O) groups is 3. The fourth-order valence-corrected chi connectivity index (χ4v) is 3.61. The van der Waals surface area contributed by atoms with Gasteiger partial charge >= 0.3 is 12.0 Å². The molecule has 1 aliphatic heterocycles. The molecule has 0 aliphatic carbocycles. The third-order valence-corrected chi connectivity index (χ3v) is 5.04. The summed E-state index contributed by atoms with van der Waals surface area (Å²) in [6, 6.07) is 11.7. The Bertz CT molecular complexity index is 953. The quantitative estimate of drug-likeness (QED) is 0.398. The van der Waals surface area contributed by atoms with Crippen LogP contribution in [0.4, 0.5) is 4.79 Å². The number of carboxylic acid groups (broad SMARTS) is 1. The maximum Gasteiger partial charge on any atom is 0.327 e. The molecule has 0 radical (unpaired) electrons. The third kappa shape index (κ3) is 4.31. The second-order valence-corrected chi connectivity index (χ2v) is 6.99. The summed E-state index contributed by atoms with van der Waals surface area (Å²) >= 11 is 0. The number of carbonyl (C=O) groups excluding carboxylic acids is 2. The summed E-state index contributed by atoms with van der Waals surface area (Å²) in [7, 11) is 0. The van der Waals surface area contributed by atoms with Gasteiger partial charge < -0.3 is 21.5 Å². The van der Waals surface area contributed by atoms with Gasteiger partial charge in [0.2, 0.25) is 5.91 Å². The van der Waals surface area contributed by atoms with Crippen LogP contribution >= 0.6 is 0 Å². The van der Waals surface area contributed by atoms with Gasteiger partial charge in [0.1, 0.15) is 0 Å². The normalized spacial score (nSPS) is 18.2. The van der Waals surface area contributed by atoms with Crippen LogP contribution in [-0.4, -0.2) is 40.5 Å². The lowest BCUT2D eigenvalue weighted by Crippen LogP contribution is -2.68. The smallest absolute Gasteiger partial charge is 0.327 e. The molecule has 1 heterocycles. The molecular formula is C21H24N4O4. The molecule has 1 fully saturated rings. The number of fused-ring (bicyclic) bond motifs is 1. The van der Waals surface area contributed by atoms with E-state index in [4.69, 9.17) is 5.73 Å². The predicted molar refractivity (Wildman–Crippen MR) is 109 cm³/mol. The van der Waals surface area contributed by atoms with Crippen LogP contribution in [0.3, 0.4) is 0 Å². The number of carboxylic acids is 1. The summed E-state index contributed by atoms with van der Waals surface area (Å²) in [6.07, 6.45) is 0.894. The number of nitrogens with two attached hydrogens (primary N) is 1. The Kier molecular flexibility index (Phi) is 6.01. The first-order valence-electron chi connectivity index (χ1n) is 9.38. The molecule has 1 saturated heterocycles. The first-order valence-corrected chi connectivity index (χ1v) is 9.38. The van der Waals surface area contributed by atoms with E-state index >= 15 is 0 Å². The molecule has 0 spiro atoms. The molecule has 29 heavy (non-hydrogen) atoms. The van der Waals surface area contributed by atoms with Crippen molar-refractivity contribution in [3.63, 3.8) is 0 Å². The Labute approximate surface area is 168 Å². The number of hydrogen-bond acceptors (Lipinski definition) is 5. The van der Waals surface area contributed by atoms with E-state index in [1.54, 1.807) is 0 Å². The third-order valence-electron chi connectivity index (χ3n) is 5.04. The molecular weight excluding hydrogens is 372 g/mol. The SMILES string of the molecule is C=C(N)NCCC[C@H]1C(=O)N(C(=O)NCc2cccc3ccccc23)C1C(=O)O. The average Bonchev–Trinajstić information content (AvgIpc) is 2.69. The van der Waals surface area contributed by atoms with Crippen LogP contribution in [0.2, 0.25) is 0 Å². The van der Waals surface area contributed by atoms with Gasteiger partial charge in [-0.25, -0.2) is 14.5 Å². The number of hydrogen-bond donors (Lipinski definition) is 4. The molecule has 1 aliphatic rings. The van der Waals surface area contributed by atoms with Gasteiger partial charge in [-0.05, 0) is 29.2 Å².